The van der Waals surface area contributed by atoms with Crippen molar-refractivity contribution in [3.05, 3.63) is 36.4 Å². The maximum absolute atomic E-state index is 12.3. The zero-order valence-electron chi connectivity index (χ0n) is 45.4. The summed E-state index contributed by atoms with van der Waals surface area (Å²) in [6.45, 7) is 33.4. The molecule has 0 atom stereocenters. The van der Waals surface area contributed by atoms with Crippen molar-refractivity contribution < 1.29 is 101 Å². The van der Waals surface area contributed by atoms with E-state index in [9.17, 15) is 14.7 Å². The molecule has 0 aliphatic rings. The molecule has 0 unspecified atom stereocenters. The van der Waals surface area contributed by atoms with Crippen molar-refractivity contribution in [3.63, 3.8) is 0 Å². The summed E-state index contributed by atoms with van der Waals surface area (Å²) in [6, 6.07) is 0. The zero-order valence-corrected chi connectivity index (χ0v) is 45.4. The third-order valence-electron chi connectivity index (χ3n) is 9.17. The number of aliphatic carboxylic acids is 2. The van der Waals surface area contributed by atoms with E-state index in [-0.39, 0.29) is 162 Å². The number of carboxylic acid groups (broad SMARTS) is 2. The summed E-state index contributed by atoms with van der Waals surface area (Å²) in [5.74, 6) is -7.42. The van der Waals surface area contributed by atoms with E-state index in [0.29, 0.717) is 0 Å². The first kappa shape index (κ1) is 66.6. The average molecular weight is 1030 g/mol. The van der Waals surface area contributed by atoms with Gasteiger partial charge in [0, 0.05) is 51.8 Å². The van der Waals surface area contributed by atoms with Crippen molar-refractivity contribution in [2.24, 2.45) is 0 Å². The van der Waals surface area contributed by atoms with Crippen LogP contribution in [0.15, 0.2) is 25.3 Å². The van der Waals surface area contributed by atoms with E-state index in [1.165, 1.54) is 0 Å². The lowest BCUT2D eigenvalue weighted by atomic mass is 9.66. The zero-order chi connectivity index (χ0) is 54.9. The number of phenols is 1. The van der Waals surface area contributed by atoms with Gasteiger partial charge in [-0.25, -0.2) is 9.59 Å². The summed E-state index contributed by atoms with van der Waals surface area (Å²) in [4.78, 5) is 30.2. The first-order valence-corrected chi connectivity index (χ1v) is 24.6. The molecule has 21 nitrogen and oxygen atoms in total. The number of carbonyl (C=O) groups is 2. The van der Waals surface area contributed by atoms with Gasteiger partial charge in [-0.2, -0.15) is 4.89 Å². The lowest BCUT2D eigenvalue weighted by Gasteiger charge is -2.56. The Hall–Kier alpha value is -5.42. The Morgan fingerprint density at radius 3 is 0.806 bits per heavy atom. The SMILES string of the molecule is C=CC(=O)O.C=CC(=O)O.CCOOc1c(OCC)c(OCC)c(C(c2c(OCC)c(OCC)c(O)c(OCC)c2OCC)(C(OCC)(OCC)OCC)C(OCC)(OCC)OCC)c(OCC)c1OCC. The molecule has 21 heteroatoms. The second kappa shape index (κ2) is 35.7. The van der Waals surface area contributed by atoms with E-state index in [2.05, 4.69) is 13.2 Å². The van der Waals surface area contributed by atoms with Gasteiger partial charge in [0.15, 0.2) is 28.4 Å². The topological polar surface area (TPSA) is 243 Å². The number of benzene rings is 2. The molecule has 0 fully saturated rings. The lowest BCUT2D eigenvalue weighted by molar-refractivity contribution is -0.491. The van der Waals surface area contributed by atoms with Gasteiger partial charge in [-0.1, -0.05) is 13.2 Å². The highest BCUT2D eigenvalue weighted by Crippen LogP contribution is 2.70. The molecule has 0 saturated heterocycles. The quantitative estimate of drug-likeness (QED) is 0.0247. The van der Waals surface area contributed by atoms with Gasteiger partial charge in [0.05, 0.1) is 70.6 Å². The van der Waals surface area contributed by atoms with Gasteiger partial charge in [-0.05, 0) is 104 Å². The second-order valence-corrected chi connectivity index (χ2v) is 13.6. The lowest BCUT2D eigenvalue weighted by Crippen LogP contribution is -2.72. The fourth-order valence-electron chi connectivity index (χ4n) is 7.36. The maximum atomic E-state index is 12.3. The molecule has 0 amide bonds. The number of carboxylic acids is 2. The molecule has 0 aliphatic heterocycles. The number of hydrogen-bond acceptors (Lipinski definition) is 19. The smallest absolute Gasteiger partial charge is 0.327 e. The highest BCUT2D eigenvalue weighted by Gasteiger charge is 2.77. The van der Waals surface area contributed by atoms with Crippen LogP contribution in [0, 0.1) is 0 Å². The van der Waals surface area contributed by atoms with Crippen LogP contribution < -0.4 is 42.8 Å². The van der Waals surface area contributed by atoms with Crippen molar-refractivity contribution in [1.82, 2.24) is 0 Å². The van der Waals surface area contributed by atoms with E-state index in [0.717, 1.165) is 12.2 Å². The fourth-order valence-corrected chi connectivity index (χ4v) is 7.36. The minimum Gasteiger partial charge on any atom is -0.501 e. The summed E-state index contributed by atoms with van der Waals surface area (Å²) in [6.07, 6.45) is 1.67. The van der Waals surface area contributed by atoms with Crippen LogP contribution in [-0.4, -0.2) is 138 Å². The molecule has 3 N–H and O–H groups in total. The predicted molar refractivity (Wildman–Crippen MR) is 268 cm³/mol. The Morgan fingerprint density at radius 1 is 0.375 bits per heavy atom. The number of hydrogen-bond donors (Lipinski definition) is 3. The number of aromatic hydroxyl groups is 1. The first-order chi connectivity index (χ1) is 34.6. The second-order valence-electron chi connectivity index (χ2n) is 13.6. The number of ether oxygens (including phenoxy) is 14. The van der Waals surface area contributed by atoms with Gasteiger partial charge < -0.3 is 86.5 Å². The standard InChI is InChI=1S/C45H76O17.2C3H4O2/c1-16-47-34-31(35(48-17-2)39(52-21-6)33(46)38(34)51-20-5)43(44(55-24-9,56-25-10)57-26-11,45(58-27-12,59-28-13)60-29-14)32-36(49-18-3)40(53-22-7)42(62-61-30-15)41(54-23-8)37(32)50-19-4;2*1-2-3(4)5/h46H,16-30H2,1-15H3;2*2H,1H2,(H,4,5). The van der Waals surface area contributed by atoms with E-state index < -0.39 is 35.0 Å². The summed E-state index contributed by atoms with van der Waals surface area (Å²) in [7, 11) is 0. The predicted octanol–water partition coefficient (Wildman–Crippen LogP) is 9.24. The normalized spacial score (nSPS) is 11.2. The van der Waals surface area contributed by atoms with Gasteiger partial charge in [0.2, 0.25) is 28.7 Å². The molecule has 0 radical (unpaired) electrons. The van der Waals surface area contributed by atoms with Crippen molar-refractivity contribution in [2.45, 2.75) is 121 Å². The van der Waals surface area contributed by atoms with Crippen molar-refractivity contribution in [3.8, 4) is 57.5 Å². The highest BCUT2D eigenvalue weighted by molar-refractivity contribution is 5.80. The largest absolute Gasteiger partial charge is 0.501 e. The molecule has 72 heavy (non-hydrogen) atoms. The van der Waals surface area contributed by atoms with Gasteiger partial charge in [-0.3, -0.25) is 0 Å². The molecule has 2 aromatic rings. The number of rotatable bonds is 37. The maximum Gasteiger partial charge on any atom is 0.327 e. The van der Waals surface area contributed by atoms with Gasteiger partial charge in [0.1, 0.15) is 0 Å². The fraction of sp³-hybridized carbons (Fsp3) is 0.647. The summed E-state index contributed by atoms with van der Waals surface area (Å²) < 4.78 is 94.7. The van der Waals surface area contributed by atoms with Crippen LogP contribution in [-0.2, 0) is 48.3 Å². The van der Waals surface area contributed by atoms with Crippen LogP contribution in [0.2, 0.25) is 0 Å². The third-order valence-corrected chi connectivity index (χ3v) is 9.17. The molecule has 0 aromatic heterocycles. The molecule has 0 saturated carbocycles. The Morgan fingerprint density at radius 2 is 0.597 bits per heavy atom. The molecule has 0 bridgehead atoms. The van der Waals surface area contributed by atoms with Gasteiger partial charge >= 0.3 is 23.9 Å². The summed E-state index contributed by atoms with van der Waals surface area (Å²) in [5, 5.41) is 27.5. The molecule has 2 aromatic carbocycles. The highest BCUT2D eigenvalue weighted by atomic mass is 17.2. The molecule has 0 aliphatic carbocycles. The Kier molecular flexibility index (Phi) is 33.0. The van der Waals surface area contributed by atoms with E-state index in [1.54, 1.807) is 90.0 Å². The Balaban J connectivity index is 0.00000456. The molecule has 0 heterocycles. The van der Waals surface area contributed by atoms with Crippen molar-refractivity contribution >= 4 is 11.9 Å². The third kappa shape index (κ3) is 15.8. The van der Waals surface area contributed by atoms with Crippen LogP contribution in [0.3, 0.4) is 0 Å². The van der Waals surface area contributed by atoms with Crippen molar-refractivity contribution in [2.75, 3.05) is 99.1 Å². The summed E-state index contributed by atoms with van der Waals surface area (Å²) in [5.41, 5.74) is -2.39. The van der Waals surface area contributed by atoms with Gasteiger partial charge in [-0.15, -0.1) is 0 Å². The van der Waals surface area contributed by atoms with Crippen LogP contribution in [0.1, 0.15) is 115 Å². The van der Waals surface area contributed by atoms with Crippen LogP contribution in [0.4, 0.5) is 0 Å². The van der Waals surface area contributed by atoms with Gasteiger partial charge in [0.25, 0.3) is 5.75 Å². The molecule has 414 valence electrons. The Labute approximate surface area is 426 Å². The van der Waals surface area contributed by atoms with E-state index in [1.807, 2.05) is 13.8 Å². The molecule has 2 rings (SSSR count). The molecular weight excluding hydrogens is 949 g/mol. The Bertz CT molecular complexity index is 1750. The summed E-state index contributed by atoms with van der Waals surface area (Å²) >= 11 is 0. The molecule has 0 spiro atoms. The van der Waals surface area contributed by atoms with E-state index >= 15 is 0 Å². The van der Waals surface area contributed by atoms with Crippen LogP contribution in [0.25, 0.3) is 0 Å². The minimum absolute atomic E-state index is 0.00976. The first-order valence-electron chi connectivity index (χ1n) is 24.6. The van der Waals surface area contributed by atoms with E-state index in [4.69, 9.17) is 86.3 Å². The van der Waals surface area contributed by atoms with Crippen molar-refractivity contribution in [1.29, 1.82) is 0 Å². The minimum atomic E-state index is -2.44. The average Bonchev–Trinajstić information content (AvgIpc) is 3.35. The van der Waals surface area contributed by atoms with Crippen LogP contribution in [0.5, 0.6) is 57.5 Å². The van der Waals surface area contributed by atoms with Crippen LogP contribution >= 0.6 is 0 Å². The monoisotopic (exact) mass is 1030 g/mol. The number of phenolic OH excluding ortho intramolecular Hbond substituents is 1. The molecular formula is C51H84O21.